The number of hydrogen-bond donors (Lipinski definition) is 1. The van der Waals surface area contributed by atoms with Gasteiger partial charge in [-0.15, -0.1) is 0 Å². The molecular formula is C43H89NO7P+. The maximum absolute atomic E-state index is 12.7. The summed E-state index contributed by atoms with van der Waals surface area (Å²) in [6.45, 7) is 5.68. The maximum Gasteiger partial charge on any atom is 0.472 e. The second-order valence-electron chi connectivity index (χ2n) is 16.4. The molecule has 0 aromatic carbocycles. The van der Waals surface area contributed by atoms with Crippen LogP contribution >= 0.6 is 7.82 Å². The molecule has 52 heavy (non-hydrogen) atoms. The number of nitrogens with zero attached hydrogens (tertiary/aromatic N) is 1. The van der Waals surface area contributed by atoms with E-state index >= 15 is 0 Å². The third-order valence-electron chi connectivity index (χ3n) is 9.92. The Hall–Kier alpha value is -0.500. The van der Waals surface area contributed by atoms with Crippen LogP contribution < -0.4 is 0 Å². The smallest absolute Gasteiger partial charge is 0.457 e. The van der Waals surface area contributed by atoms with E-state index in [1.54, 1.807) is 0 Å². The summed E-state index contributed by atoms with van der Waals surface area (Å²) < 4.78 is 35.0. The second-order valence-corrected chi connectivity index (χ2v) is 17.9. The zero-order valence-electron chi connectivity index (χ0n) is 35.3. The number of hydrogen-bond acceptors (Lipinski definition) is 6. The molecule has 1 N–H and O–H groups in total. The summed E-state index contributed by atoms with van der Waals surface area (Å²) in [5.41, 5.74) is 0. The monoisotopic (exact) mass is 763 g/mol. The van der Waals surface area contributed by atoms with Crippen LogP contribution in [-0.4, -0.2) is 75.6 Å². The first kappa shape index (κ1) is 51.5. The fourth-order valence-corrected chi connectivity index (χ4v) is 7.18. The number of phosphoric acid groups is 1. The molecule has 0 aromatic heterocycles. The Balaban J connectivity index is 4.16. The Bertz CT molecular complexity index is 807. The molecule has 0 aliphatic carbocycles. The quantitative estimate of drug-likeness (QED) is 0.0286. The first-order valence-corrected chi connectivity index (χ1v) is 23.8. The molecule has 0 saturated carbocycles. The number of quaternary nitrogens is 1. The summed E-state index contributed by atoms with van der Waals surface area (Å²) in [6, 6.07) is 0. The predicted octanol–water partition coefficient (Wildman–Crippen LogP) is 12.9. The van der Waals surface area contributed by atoms with Gasteiger partial charge in [-0.05, 0) is 12.8 Å². The highest BCUT2D eigenvalue weighted by molar-refractivity contribution is 7.47. The van der Waals surface area contributed by atoms with Crippen molar-refractivity contribution < 1.29 is 37.3 Å². The molecule has 2 atom stereocenters. The van der Waals surface area contributed by atoms with Gasteiger partial charge in [0.25, 0.3) is 0 Å². The summed E-state index contributed by atoms with van der Waals surface area (Å²) in [5, 5.41) is 0. The van der Waals surface area contributed by atoms with Gasteiger partial charge in [0.1, 0.15) is 19.3 Å². The lowest BCUT2D eigenvalue weighted by Crippen LogP contribution is -2.37. The Morgan fingerprint density at radius 2 is 0.885 bits per heavy atom. The fourth-order valence-electron chi connectivity index (χ4n) is 6.44. The van der Waals surface area contributed by atoms with E-state index in [4.69, 9.17) is 18.5 Å². The Morgan fingerprint density at radius 3 is 1.27 bits per heavy atom. The number of esters is 1. The van der Waals surface area contributed by atoms with Gasteiger partial charge in [-0.3, -0.25) is 13.8 Å². The Labute approximate surface area is 323 Å². The van der Waals surface area contributed by atoms with Crippen molar-refractivity contribution in [2.75, 3.05) is 54.1 Å². The van der Waals surface area contributed by atoms with Gasteiger partial charge in [0.05, 0.1) is 34.4 Å². The number of unbranched alkanes of at least 4 members (excludes halogenated alkanes) is 28. The average Bonchev–Trinajstić information content (AvgIpc) is 3.09. The Morgan fingerprint density at radius 1 is 0.519 bits per heavy atom. The van der Waals surface area contributed by atoms with E-state index in [9.17, 15) is 14.3 Å². The number of carbonyl (C=O) groups is 1. The number of likely N-dealkylation sites (N-methyl/N-ethyl adjacent to an activating group) is 1. The number of phosphoric ester groups is 1. The molecule has 0 aliphatic rings. The van der Waals surface area contributed by atoms with Crippen LogP contribution in [0.4, 0.5) is 0 Å². The van der Waals surface area contributed by atoms with Crippen molar-refractivity contribution in [3.8, 4) is 0 Å². The largest absolute Gasteiger partial charge is 0.472 e. The van der Waals surface area contributed by atoms with E-state index in [-0.39, 0.29) is 25.8 Å². The number of carbonyl (C=O) groups excluding carboxylic acids is 1. The third-order valence-corrected chi connectivity index (χ3v) is 10.9. The van der Waals surface area contributed by atoms with E-state index in [1.165, 1.54) is 161 Å². The van der Waals surface area contributed by atoms with Gasteiger partial charge in [0.15, 0.2) is 0 Å². The predicted molar refractivity (Wildman–Crippen MR) is 220 cm³/mol. The number of rotatable bonds is 42. The lowest BCUT2D eigenvalue weighted by molar-refractivity contribution is -0.870. The lowest BCUT2D eigenvalue weighted by Gasteiger charge is -2.24. The van der Waals surface area contributed by atoms with E-state index < -0.39 is 13.9 Å². The van der Waals surface area contributed by atoms with Crippen LogP contribution in [0.3, 0.4) is 0 Å². The zero-order valence-corrected chi connectivity index (χ0v) is 36.2. The van der Waals surface area contributed by atoms with Crippen LogP contribution in [-0.2, 0) is 27.9 Å². The molecule has 0 spiro atoms. The molecule has 0 amide bonds. The molecule has 2 unspecified atom stereocenters. The molecule has 0 radical (unpaired) electrons. The normalized spacial score (nSPS) is 13.7. The van der Waals surface area contributed by atoms with Gasteiger partial charge in [0, 0.05) is 13.0 Å². The van der Waals surface area contributed by atoms with Crippen molar-refractivity contribution in [1.29, 1.82) is 0 Å². The van der Waals surface area contributed by atoms with Crippen molar-refractivity contribution in [2.45, 2.75) is 219 Å². The highest BCUT2D eigenvalue weighted by atomic mass is 31.2. The van der Waals surface area contributed by atoms with Gasteiger partial charge < -0.3 is 18.9 Å². The minimum Gasteiger partial charge on any atom is -0.457 e. The van der Waals surface area contributed by atoms with Gasteiger partial charge in [0.2, 0.25) is 0 Å². The zero-order chi connectivity index (χ0) is 38.4. The van der Waals surface area contributed by atoms with E-state index in [0.29, 0.717) is 24.1 Å². The van der Waals surface area contributed by atoms with Crippen molar-refractivity contribution in [3.63, 3.8) is 0 Å². The SMILES string of the molecule is CCCCCCCCCCCCCCCCCCCOCC(COP(=O)(O)OCC[N+](C)(C)C)OC(=O)CCCCCCCCCCCCCCC. The van der Waals surface area contributed by atoms with Crippen LogP contribution in [0.25, 0.3) is 0 Å². The minimum absolute atomic E-state index is 0.0938. The topological polar surface area (TPSA) is 91.3 Å². The second kappa shape index (κ2) is 37.4. The Kier molecular flexibility index (Phi) is 37.1. The molecular weight excluding hydrogens is 673 g/mol. The van der Waals surface area contributed by atoms with Gasteiger partial charge in [-0.2, -0.15) is 0 Å². The van der Waals surface area contributed by atoms with Gasteiger partial charge in [-0.25, -0.2) is 4.57 Å². The van der Waals surface area contributed by atoms with Gasteiger partial charge >= 0.3 is 13.8 Å². The van der Waals surface area contributed by atoms with Crippen molar-refractivity contribution >= 4 is 13.8 Å². The molecule has 9 heteroatoms. The molecule has 0 bridgehead atoms. The van der Waals surface area contributed by atoms with E-state index in [2.05, 4.69) is 13.8 Å². The van der Waals surface area contributed by atoms with Crippen LogP contribution in [0.2, 0.25) is 0 Å². The maximum atomic E-state index is 12.7. The minimum atomic E-state index is -4.26. The molecule has 8 nitrogen and oxygen atoms in total. The molecule has 0 fully saturated rings. The molecule has 312 valence electrons. The molecule has 0 rings (SSSR count). The standard InChI is InChI=1S/C43H88NO7P/c1-6-8-10-12-14-16-18-20-21-22-23-25-27-29-31-33-35-38-48-40-42(41-50-52(46,47)49-39-37-44(3,4)5)51-43(45)36-34-32-30-28-26-24-19-17-15-13-11-9-7-2/h42H,6-41H2,1-5H3/p+1. The summed E-state index contributed by atoms with van der Waals surface area (Å²) in [5.74, 6) is -0.309. The van der Waals surface area contributed by atoms with Gasteiger partial charge in [-0.1, -0.05) is 194 Å². The molecule has 0 aromatic rings. The summed E-state index contributed by atoms with van der Waals surface area (Å²) in [7, 11) is 1.68. The van der Waals surface area contributed by atoms with Crippen LogP contribution in [0, 0.1) is 0 Å². The van der Waals surface area contributed by atoms with Crippen molar-refractivity contribution in [2.24, 2.45) is 0 Å². The summed E-state index contributed by atoms with van der Waals surface area (Å²) in [4.78, 5) is 22.9. The molecule has 0 heterocycles. The van der Waals surface area contributed by atoms with Crippen LogP contribution in [0.5, 0.6) is 0 Å². The van der Waals surface area contributed by atoms with E-state index in [1.807, 2.05) is 21.1 Å². The highest BCUT2D eigenvalue weighted by Crippen LogP contribution is 2.43. The first-order chi connectivity index (χ1) is 25.1. The molecule has 0 aliphatic heterocycles. The van der Waals surface area contributed by atoms with E-state index in [0.717, 1.165) is 32.1 Å². The first-order valence-electron chi connectivity index (χ1n) is 22.3. The summed E-state index contributed by atoms with van der Waals surface area (Å²) >= 11 is 0. The fraction of sp³-hybridized carbons (Fsp3) is 0.977. The number of ether oxygens (including phenoxy) is 2. The summed E-state index contributed by atoms with van der Waals surface area (Å²) in [6.07, 6.45) is 38.4. The lowest BCUT2D eigenvalue weighted by atomic mass is 10.0. The van der Waals surface area contributed by atoms with Crippen LogP contribution in [0.15, 0.2) is 0 Å². The molecule has 0 saturated heterocycles. The average molecular weight is 763 g/mol. The van der Waals surface area contributed by atoms with Crippen molar-refractivity contribution in [1.82, 2.24) is 0 Å². The third kappa shape index (κ3) is 40.7. The highest BCUT2D eigenvalue weighted by Gasteiger charge is 2.26. The van der Waals surface area contributed by atoms with Crippen LogP contribution in [0.1, 0.15) is 213 Å². The van der Waals surface area contributed by atoms with Crippen molar-refractivity contribution in [3.05, 3.63) is 0 Å².